The van der Waals surface area contributed by atoms with Crippen LogP contribution < -0.4 is 11.1 Å². The lowest BCUT2D eigenvalue weighted by Crippen LogP contribution is -2.24. The fraction of sp³-hybridized carbons (Fsp3) is 0.235. The van der Waals surface area contributed by atoms with E-state index in [1.165, 1.54) is 5.56 Å². The first-order chi connectivity index (χ1) is 10.1. The van der Waals surface area contributed by atoms with Crippen molar-refractivity contribution in [2.45, 2.75) is 25.2 Å². The summed E-state index contributed by atoms with van der Waals surface area (Å²) >= 11 is 3.44. The molecule has 4 heteroatoms. The maximum absolute atomic E-state index is 12.6. The number of carbonyl (C=O) groups is 1. The molecule has 0 aromatic heterocycles. The summed E-state index contributed by atoms with van der Waals surface area (Å²) in [5, 5.41) is 3.00. The monoisotopic (exact) mass is 344 g/mol. The number of benzene rings is 2. The van der Waals surface area contributed by atoms with Crippen LogP contribution in [-0.4, -0.2) is 5.91 Å². The van der Waals surface area contributed by atoms with Crippen molar-refractivity contribution >= 4 is 33.2 Å². The highest BCUT2D eigenvalue weighted by atomic mass is 79.9. The number of hydrogen-bond donors (Lipinski definition) is 2. The van der Waals surface area contributed by atoms with Crippen LogP contribution in [-0.2, 0) is 11.2 Å². The molecule has 1 unspecified atom stereocenters. The number of halogens is 1. The van der Waals surface area contributed by atoms with Gasteiger partial charge >= 0.3 is 0 Å². The Balaban J connectivity index is 1.85. The van der Waals surface area contributed by atoms with Crippen molar-refractivity contribution in [3.05, 3.63) is 58.1 Å². The van der Waals surface area contributed by atoms with Gasteiger partial charge in [-0.25, -0.2) is 0 Å². The maximum Gasteiger partial charge on any atom is 0.231 e. The Morgan fingerprint density at radius 3 is 2.90 bits per heavy atom. The maximum atomic E-state index is 12.6. The van der Waals surface area contributed by atoms with Crippen LogP contribution in [0.15, 0.2) is 46.9 Å². The normalized spacial score (nSPS) is 17.1. The molecule has 0 fully saturated rings. The molecule has 0 saturated heterocycles. The van der Waals surface area contributed by atoms with E-state index >= 15 is 0 Å². The Morgan fingerprint density at radius 1 is 1.24 bits per heavy atom. The Morgan fingerprint density at radius 2 is 2.05 bits per heavy atom. The first-order valence-electron chi connectivity index (χ1n) is 7.09. The van der Waals surface area contributed by atoms with Crippen LogP contribution in [0, 0.1) is 0 Å². The molecule has 2 aromatic carbocycles. The average Bonchev–Trinajstić information content (AvgIpc) is 2.50. The van der Waals surface area contributed by atoms with Gasteiger partial charge in [-0.3, -0.25) is 4.79 Å². The number of aryl methyl sites for hydroxylation is 1. The molecule has 1 amide bonds. The standard InChI is InChI=1S/C17H17BrN2O/c18-15-9-8-12(19)10-16(15)20-17(21)14-7-3-5-11-4-1-2-6-13(11)14/h1-2,4,6,8-10,14H,3,5,7,19H2,(H,20,21). The predicted octanol–water partition coefficient (Wildman–Crippen LogP) is 4.09. The van der Waals surface area contributed by atoms with Gasteiger partial charge in [0.15, 0.2) is 0 Å². The summed E-state index contributed by atoms with van der Waals surface area (Å²) in [6, 6.07) is 13.6. The van der Waals surface area contributed by atoms with Crippen LogP contribution in [0.25, 0.3) is 0 Å². The molecule has 0 saturated carbocycles. The van der Waals surface area contributed by atoms with Gasteiger partial charge in [-0.15, -0.1) is 0 Å². The van der Waals surface area contributed by atoms with E-state index in [0.29, 0.717) is 5.69 Å². The predicted molar refractivity (Wildman–Crippen MR) is 89.3 cm³/mol. The number of nitrogens with two attached hydrogens (primary N) is 1. The van der Waals surface area contributed by atoms with Gasteiger partial charge in [-0.2, -0.15) is 0 Å². The van der Waals surface area contributed by atoms with Crippen LogP contribution in [0.4, 0.5) is 11.4 Å². The number of nitrogen functional groups attached to an aromatic ring is 1. The molecule has 0 aliphatic heterocycles. The van der Waals surface area contributed by atoms with Crippen molar-refractivity contribution in [1.82, 2.24) is 0 Å². The van der Waals surface area contributed by atoms with E-state index in [1.807, 2.05) is 18.2 Å². The molecule has 0 spiro atoms. The van der Waals surface area contributed by atoms with Crippen LogP contribution >= 0.6 is 15.9 Å². The molecular weight excluding hydrogens is 328 g/mol. The van der Waals surface area contributed by atoms with Gasteiger partial charge in [0.05, 0.1) is 11.6 Å². The van der Waals surface area contributed by atoms with E-state index < -0.39 is 0 Å². The Labute approximate surface area is 132 Å². The SMILES string of the molecule is Nc1ccc(Br)c(NC(=O)C2CCCc3ccccc32)c1. The number of carbonyl (C=O) groups excluding carboxylic acids is 1. The van der Waals surface area contributed by atoms with Gasteiger partial charge in [0.1, 0.15) is 0 Å². The third kappa shape index (κ3) is 2.95. The minimum absolute atomic E-state index is 0.0356. The lowest BCUT2D eigenvalue weighted by Gasteiger charge is -2.24. The molecule has 21 heavy (non-hydrogen) atoms. The summed E-state index contributed by atoms with van der Waals surface area (Å²) < 4.78 is 0.842. The Bertz CT molecular complexity index is 684. The second kappa shape index (κ2) is 5.90. The summed E-state index contributed by atoms with van der Waals surface area (Å²) in [6.07, 6.45) is 3.00. The van der Waals surface area contributed by atoms with E-state index in [4.69, 9.17) is 5.73 Å². The molecule has 108 valence electrons. The number of hydrogen-bond acceptors (Lipinski definition) is 2. The molecule has 3 N–H and O–H groups in total. The van der Waals surface area contributed by atoms with E-state index in [-0.39, 0.29) is 11.8 Å². The topological polar surface area (TPSA) is 55.1 Å². The van der Waals surface area contributed by atoms with Crippen molar-refractivity contribution in [3.63, 3.8) is 0 Å². The van der Waals surface area contributed by atoms with Crippen LogP contribution in [0.2, 0.25) is 0 Å². The Hall–Kier alpha value is -1.81. The summed E-state index contributed by atoms with van der Waals surface area (Å²) in [7, 11) is 0. The van der Waals surface area contributed by atoms with E-state index in [2.05, 4.69) is 33.4 Å². The first kappa shape index (κ1) is 14.1. The molecule has 1 aliphatic rings. The minimum Gasteiger partial charge on any atom is -0.399 e. The lowest BCUT2D eigenvalue weighted by atomic mass is 9.82. The largest absolute Gasteiger partial charge is 0.399 e. The van der Waals surface area contributed by atoms with E-state index in [0.717, 1.165) is 35.0 Å². The van der Waals surface area contributed by atoms with Gasteiger partial charge in [0.25, 0.3) is 0 Å². The summed E-state index contributed by atoms with van der Waals surface area (Å²) in [4.78, 5) is 12.6. The molecular formula is C17H17BrN2O. The van der Waals surface area contributed by atoms with Crippen LogP contribution in [0.1, 0.15) is 29.9 Å². The highest BCUT2D eigenvalue weighted by Crippen LogP contribution is 2.33. The number of anilines is 2. The highest BCUT2D eigenvalue weighted by molar-refractivity contribution is 9.10. The molecule has 0 radical (unpaired) electrons. The number of rotatable bonds is 2. The molecule has 0 bridgehead atoms. The van der Waals surface area contributed by atoms with Crippen molar-refractivity contribution in [2.75, 3.05) is 11.1 Å². The van der Waals surface area contributed by atoms with Crippen molar-refractivity contribution in [3.8, 4) is 0 Å². The summed E-state index contributed by atoms with van der Waals surface area (Å²) in [5.41, 5.74) is 9.59. The fourth-order valence-corrected chi connectivity index (χ4v) is 3.23. The number of fused-ring (bicyclic) bond motifs is 1. The van der Waals surface area contributed by atoms with E-state index in [9.17, 15) is 4.79 Å². The summed E-state index contributed by atoms with van der Waals surface area (Å²) in [6.45, 7) is 0. The van der Waals surface area contributed by atoms with Crippen LogP contribution in [0.3, 0.4) is 0 Å². The smallest absolute Gasteiger partial charge is 0.231 e. The zero-order valence-electron chi connectivity index (χ0n) is 11.6. The zero-order chi connectivity index (χ0) is 14.8. The minimum atomic E-state index is -0.0803. The van der Waals surface area contributed by atoms with Gasteiger partial charge in [0, 0.05) is 10.2 Å². The third-order valence-corrected chi connectivity index (χ3v) is 4.63. The second-order valence-corrected chi connectivity index (χ2v) is 6.23. The fourth-order valence-electron chi connectivity index (χ4n) is 2.88. The van der Waals surface area contributed by atoms with Gasteiger partial charge in [-0.1, -0.05) is 24.3 Å². The van der Waals surface area contributed by atoms with E-state index in [1.54, 1.807) is 12.1 Å². The highest BCUT2D eigenvalue weighted by Gasteiger charge is 2.26. The zero-order valence-corrected chi connectivity index (χ0v) is 13.2. The number of amides is 1. The number of nitrogens with one attached hydrogen (secondary N) is 1. The van der Waals surface area contributed by atoms with Gasteiger partial charge in [-0.05, 0) is 64.5 Å². The van der Waals surface area contributed by atoms with Crippen molar-refractivity contribution < 1.29 is 4.79 Å². The summed E-state index contributed by atoms with van der Waals surface area (Å²) in [5.74, 6) is -0.0447. The molecule has 1 atom stereocenters. The molecule has 3 nitrogen and oxygen atoms in total. The van der Waals surface area contributed by atoms with Crippen molar-refractivity contribution in [1.29, 1.82) is 0 Å². The third-order valence-electron chi connectivity index (χ3n) is 3.93. The van der Waals surface area contributed by atoms with Gasteiger partial charge in [0.2, 0.25) is 5.91 Å². The quantitative estimate of drug-likeness (QED) is 0.806. The first-order valence-corrected chi connectivity index (χ1v) is 7.88. The average molecular weight is 345 g/mol. The molecule has 3 rings (SSSR count). The van der Waals surface area contributed by atoms with Crippen molar-refractivity contribution in [2.24, 2.45) is 0 Å². The van der Waals surface area contributed by atoms with Gasteiger partial charge < -0.3 is 11.1 Å². The van der Waals surface area contributed by atoms with Crippen LogP contribution in [0.5, 0.6) is 0 Å². The second-order valence-electron chi connectivity index (χ2n) is 5.37. The molecule has 2 aromatic rings. The molecule has 0 heterocycles. The Kier molecular flexibility index (Phi) is 3.97. The molecule has 1 aliphatic carbocycles. The lowest BCUT2D eigenvalue weighted by molar-refractivity contribution is -0.117.